The lowest BCUT2D eigenvalue weighted by Gasteiger charge is -2.31. The van der Waals surface area contributed by atoms with E-state index in [-0.39, 0.29) is 74.6 Å². The molecule has 0 bridgehead atoms. The molecule has 68 heavy (non-hydrogen) atoms. The molecule has 2 atom stereocenters. The van der Waals surface area contributed by atoms with E-state index in [1.807, 2.05) is 0 Å². The molecule has 0 aromatic heterocycles. The molecule has 2 aliphatic carbocycles. The van der Waals surface area contributed by atoms with Gasteiger partial charge in [0.05, 0.1) is 66.1 Å². The van der Waals surface area contributed by atoms with Crippen LogP contribution in [-0.4, -0.2) is 85.8 Å². The van der Waals surface area contributed by atoms with Crippen molar-refractivity contribution in [1.82, 2.24) is 10.1 Å². The van der Waals surface area contributed by atoms with E-state index in [1.165, 1.54) is 42.7 Å². The lowest BCUT2D eigenvalue weighted by atomic mass is 9.96. The van der Waals surface area contributed by atoms with Crippen molar-refractivity contribution < 1.29 is 70.0 Å². The van der Waals surface area contributed by atoms with Crippen LogP contribution in [0.1, 0.15) is 77.8 Å². The molecule has 14 nitrogen and oxygen atoms in total. The van der Waals surface area contributed by atoms with Gasteiger partial charge in [0.15, 0.2) is 23.0 Å². The molecular formula is C45H47Cl4F4N3O11S. The Morgan fingerprint density at radius 3 is 1.51 bits per heavy atom. The molecule has 2 saturated carbocycles. The smallest absolute Gasteiger partial charge is 0.387 e. The van der Waals surface area contributed by atoms with E-state index in [0.717, 1.165) is 42.1 Å². The quantitative estimate of drug-likeness (QED) is 0.0742. The number of rotatable bonds is 21. The van der Waals surface area contributed by atoms with Gasteiger partial charge in [0, 0.05) is 35.3 Å². The van der Waals surface area contributed by atoms with Crippen molar-refractivity contribution in [2.75, 3.05) is 37.3 Å². The van der Waals surface area contributed by atoms with Gasteiger partial charge in [0.1, 0.15) is 0 Å². The first-order valence-electron chi connectivity index (χ1n) is 20.9. The van der Waals surface area contributed by atoms with Crippen molar-refractivity contribution in [1.29, 1.82) is 0 Å². The SMILES string of the molecule is Cc1cc(C(=O)O)ccc1NS(C)(=O)=O.ON1C=C(Cl)C(CC(OC(CC2=C(Cl)CN(O)C=C2Cl)c2ccc(OC(F)F)c(OCC3CC3)c2)c2ccc(OC(F)F)c(OCC3CC3)c2)=C(Cl)C1. The maximum absolute atomic E-state index is 13.4. The van der Waals surface area contributed by atoms with Crippen LogP contribution in [0.3, 0.4) is 0 Å². The van der Waals surface area contributed by atoms with Gasteiger partial charge in [-0.2, -0.15) is 17.6 Å². The molecule has 3 aromatic carbocycles. The molecule has 0 spiro atoms. The summed E-state index contributed by atoms with van der Waals surface area (Å²) in [5, 5.41) is 31.3. The zero-order valence-corrected chi connectivity index (χ0v) is 40.2. The summed E-state index contributed by atoms with van der Waals surface area (Å²) in [6, 6.07) is 13.1. The number of hydrogen-bond acceptors (Lipinski definition) is 12. The molecule has 23 heteroatoms. The fraction of sp³-hybridized carbons (Fsp3) is 0.400. The van der Waals surface area contributed by atoms with E-state index in [9.17, 15) is 41.2 Å². The first-order chi connectivity index (χ1) is 32.1. The van der Waals surface area contributed by atoms with Crippen molar-refractivity contribution in [3.8, 4) is 23.0 Å². The lowest BCUT2D eigenvalue weighted by molar-refractivity contribution is -0.0521. The summed E-state index contributed by atoms with van der Waals surface area (Å²) in [4.78, 5) is 10.6. The monoisotopic (exact) mass is 1050 g/mol. The second kappa shape index (κ2) is 23.3. The summed E-state index contributed by atoms with van der Waals surface area (Å²) in [6.45, 7) is -4.10. The second-order valence-electron chi connectivity index (χ2n) is 16.3. The molecule has 2 aliphatic heterocycles. The minimum Gasteiger partial charge on any atom is -0.489 e. The Kier molecular flexibility index (Phi) is 18.1. The zero-order valence-electron chi connectivity index (χ0n) is 36.3. The van der Waals surface area contributed by atoms with Crippen LogP contribution in [-0.2, 0) is 14.8 Å². The third-order valence-electron chi connectivity index (χ3n) is 10.7. The summed E-state index contributed by atoms with van der Waals surface area (Å²) >= 11 is 26.4. The number of allylic oxidation sites excluding steroid dienone is 2. The molecule has 7 rings (SSSR count). The lowest BCUT2D eigenvalue weighted by Crippen LogP contribution is -2.22. The molecule has 4 aliphatic rings. The number of alkyl halides is 4. The van der Waals surface area contributed by atoms with Gasteiger partial charge in [0.25, 0.3) is 0 Å². The number of aromatic carboxylic acids is 1. The van der Waals surface area contributed by atoms with Crippen molar-refractivity contribution in [2.45, 2.75) is 70.9 Å². The van der Waals surface area contributed by atoms with Crippen LogP contribution in [0.5, 0.6) is 23.0 Å². The number of aryl methyl sites for hydroxylation is 1. The van der Waals surface area contributed by atoms with E-state index in [1.54, 1.807) is 31.2 Å². The predicted octanol–water partition coefficient (Wildman–Crippen LogP) is 11.7. The van der Waals surface area contributed by atoms with Gasteiger partial charge in [-0.15, -0.1) is 0 Å². The Hall–Kier alpha value is -4.60. The summed E-state index contributed by atoms with van der Waals surface area (Å²) in [6.07, 6.45) is 5.61. The number of benzene rings is 3. The van der Waals surface area contributed by atoms with Crippen molar-refractivity contribution >= 4 is 68.1 Å². The van der Waals surface area contributed by atoms with E-state index in [4.69, 9.17) is 75.2 Å². The first-order valence-corrected chi connectivity index (χ1v) is 24.3. The Labute approximate surface area is 409 Å². The van der Waals surface area contributed by atoms with Gasteiger partial charge in [0.2, 0.25) is 10.0 Å². The molecule has 370 valence electrons. The van der Waals surface area contributed by atoms with Crippen LogP contribution in [0, 0.1) is 18.8 Å². The standard InChI is InChI=1S/C36H36Cl4F4N2O7.C9H11NO4S/c37-25-13-45(47)14-26(38)23(25)11-31(21-5-7-29(52-35(41)42)33(9-21)49-17-19-1-2-19)51-32(12-24-27(39)15-46(48)16-28(24)40)22-6-8-30(53-36(43)44)34(10-22)50-18-20-3-4-20;1-6-5-7(9(11)12)3-4-8(6)10-15(2,13)14/h5-10,13,15,19-20,31-32,35-36,47-48H,1-4,11-12,14,16-18H2;3-5,10H,1-2H3,(H,11,12). The average Bonchev–Trinajstić information content (AvgIpc) is 4.18. The van der Waals surface area contributed by atoms with Gasteiger partial charge >= 0.3 is 19.2 Å². The molecule has 2 heterocycles. The van der Waals surface area contributed by atoms with Gasteiger partial charge < -0.3 is 28.8 Å². The van der Waals surface area contributed by atoms with Crippen LogP contribution in [0.15, 0.2) is 98.3 Å². The maximum Gasteiger partial charge on any atom is 0.387 e. The summed E-state index contributed by atoms with van der Waals surface area (Å²) in [5.74, 6) is -0.642. The van der Waals surface area contributed by atoms with Gasteiger partial charge in [-0.1, -0.05) is 58.5 Å². The second-order valence-corrected chi connectivity index (χ2v) is 19.8. The highest BCUT2D eigenvalue weighted by Crippen LogP contribution is 2.46. The summed E-state index contributed by atoms with van der Waals surface area (Å²) in [7, 11) is -3.33. The molecule has 0 amide bonds. The first kappa shape index (κ1) is 52.8. The van der Waals surface area contributed by atoms with Crippen LogP contribution >= 0.6 is 46.4 Å². The largest absolute Gasteiger partial charge is 0.489 e. The number of hydrogen-bond donors (Lipinski definition) is 4. The van der Waals surface area contributed by atoms with Crippen molar-refractivity contribution in [2.24, 2.45) is 11.8 Å². The van der Waals surface area contributed by atoms with Crippen LogP contribution in [0.25, 0.3) is 0 Å². The summed E-state index contributed by atoms with van der Waals surface area (Å²) in [5.41, 5.74) is 2.90. The third kappa shape index (κ3) is 15.7. The molecule has 2 unspecified atom stereocenters. The minimum absolute atomic E-state index is 0.0218. The minimum atomic E-state index is -3.33. The third-order valence-corrected chi connectivity index (χ3v) is 12.6. The Morgan fingerprint density at radius 1 is 0.721 bits per heavy atom. The number of sulfonamides is 1. The highest BCUT2D eigenvalue weighted by molar-refractivity contribution is 7.92. The molecule has 0 radical (unpaired) electrons. The number of anilines is 1. The van der Waals surface area contributed by atoms with Gasteiger partial charge in [-0.3, -0.25) is 25.3 Å². The number of ether oxygens (including phenoxy) is 5. The molecule has 0 saturated heterocycles. The number of nitrogens with zero attached hydrogens (tertiary/aromatic N) is 2. The zero-order chi connectivity index (χ0) is 49.4. The van der Waals surface area contributed by atoms with Crippen molar-refractivity contribution in [3.63, 3.8) is 0 Å². The summed E-state index contributed by atoms with van der Waals surface area (Å²) < 4.78 is 106. The fourth-order valence-electron chi connectivity index (χ4n) is 6.88. The Bertz CT molecular complexity index is 2440. The van der Waals surface area contributed by atoms with E-state index < -0.39 is 41.4 Å². The highest BCUT2D eigenvalue weighted by atomic mass is 35.5. The highest BCUT2D eigenvalue weighted by Gasteiger charge is 2.31. The Morgan fingerprint density at radius 2 is 1.16 bits per heavy atom. The number of nitrogens with one attached hydrogen (secondary N) is 1. The maximum atomic E-state index is 13.4. The fourth-order valence-corrected chi connectivity index (χ4v) is 8.81. The average molecular weight is 1060 g/mol. The number of halogens is 8. The predicted molar refractivity (Wildman–Crippen MR) is 246 cm³/mol. The van der Waals surface area contributed by atoms with Crippen LogP contribution in [0.4, 0.5) is 23.2 Å². The molecule has 2 fully saturated rings. The van der Waals surface area contributed by atoms with Crippen LogP contribution in [0.2, 0.25) is 0 Å². The normalized spacial score (nSPS) is 17.3. The molecular weight excluding hydrogens is 1010 g/mol. The van der Waals surface area contributed by atoms with Gasteiger partial charge in [-0.25, -0.2) is 13.2 Å². The van der Waals surface area contributed by atoms with E-state index in [0.29, 0.717) is 58.6 Å². The number of carboxylic acid groups (broad SMARTS) is 1. The Balaban J connectivity index is 0.000000433. The number of carbonyl (C=O) groups is 1. The van der Waals surface area contributed by atoms with Gasteiger partial charge in [-0.05, 0) is 115 Å². The topological polar surface area (TPSA) is 177 Å². The molecule has 4 N–H and O–H groups in total. The van der Waals surface area contributed by atoms with Crippen LogP contribution < -0.4 is 23.7 Å². The van der Waals surface area contributed by atoms with E-state index >= 15 is 0 Å². The number of hydroxylamine groups is 4. The molecule has 3 aromatic rings. The van der Waals surface area contributed by atoms with E-state index in [2.05, 4.69) is 4.72 Å². The number of carboxylic acids is 1. The van der Waals surface area contributed by atoms with Crippen molar-refractivity contribution in [3.05, 3.63) is 121 Å².